The molecular formula is C24H29N3O5S. The zero-order valence-electron chi connectivity index (χ0n) is 19.3. The van der Waals surface area contributed by atoms with Gasteiger partial charge in [-0.1, -0.05) is 32.0 Å². The molecular weight excluding hydrogens is 442 g/mol. The summed E-state index contributed by atoms with van der Waals surface area (Å²) in [6.07, 6.45) is 0.993. The number of para-hydroxylation sites is 1. The second-order valence-electron chi connectivity index (χ2n) is 9.17. The van der Waals surface area contributed by atoms with Crippen molar-refractivity contribution in [3.63, 3.8) is 0 Å². The second kappa shape index (κ2) is 8.79. The molecule has 1 aromatic heterocycles. The van der Waals surface area contributed by atoms with Gasteiger partial charge in [0.25, 0.3) is 0 Å². The van der Waals surface area contributed by atoms with E-state index in [1.54, 1.807) is 0 Å². The lowest BCUT2D eigenvalue weighted by Crippen LogP contribution is -2.42. The van der Waals surface area contributed by atoms with E-state index in [4.69, 9.17) is 4.42 Å². The number of piperidine rings is 1. The molecule has 0 unspecified atom stereocenters. The van der Waals surface area contributed by atoms with E-state index < -0.39 is 15.8 Å². The zero-order chi connectivity index (χ0) is 23.9. The fourth-order valence-corrected chi connectivity index (χ4v) is 6.34. The number of rotatable bonds is 5. The normalized spacial score (nSPS) is 19.6. The quantitative estimate of drug-likeness (QED) is 0.614. The lowest BCUT2D eigenvalue weighted by atomic mass is 9.94. The van der Waals surface area contributed by atoms with Crippen LogP contribution in [0.4, 0.5) is 5.69 Å². The predicted octanol–water partition coefficient (Wildman–Crippen LogP) is 3.52. The average molecular weight is 472 g/mol. The van der Waals surface area contributed by atoms with E-state index >= 15 is 0 Å². The van der Waals surface area contributed by atoms with E-state index in [1.807, 2.05) is 45.9 Å². The standard InChI is InChI=1S/C24H29N3O5S/c1-15-10-16(2)13-26(12-15)33(30,31)19-8-9-20-21(11-19)32-24(29)27(20)14-22(28)25-23-17(3)6-5-7-18(23)4/h5-9,11,15-16H,10,12-14H2,1-4H3,(H,25,28)/t15-,16-/m0/s1. The topological polar surface area (TPSA) is 102 Å². The van der Waals surface area contributed by atoms with Crippen LogP contribution in [0.5, 0.6) is 0 Å². The summed E-state index contributed by atoms with van der Waals surface area (Å²) in [5, 5.41) is 2.85. The maximum Gasteiger partial charge on any atom is 0.420 e. The number of anilines is 1. The molecule has 0 aliphatic carbocycles. The molecule has 2 atom stereocenters. The number of nitrogens with one attached hydrogen (secondary N) is 1. The fraction of sp³-hybridized carbons (Fsp3) is 0.417. The van der Waals surface area contributed by atoms with E-state index in [1.165, 1.54) is 27.1 Å². The number of nitrogens with zero attached hydrogens (tertiary/aromatic N) is 2. The minimum atomic E-state index is -3.71. The van der Waals surface area contributed by atoms with Crippen molar-refractivity contribution in [2.75, 3.05) is 18.4 Å². The highest BCUT2D eigenvalue weighted by molar-refractivity contribution is 7.89. The van der Waals surface area contributed by atoms with Crippen LogP contribution in [0.15, 0.2) is 50.5 Å². The Morgan fingerprint density at radius 1 is 1.09 bits per heavy atom. The zero-order valence-corrected chi connectivity index (χ0v) is 20.1. The molecule has 3 aromatic rings. The van der Waals surface area contributed by atoms with Gasteiger partial charge in [0.2, 0.25) is 15.9 Å². The summed E-state index contributed by atoms with van der Waals surface area (Å²) in [6, 6.07) is 10.1. The smallest absolute Gasteiger partial charge is 0.408 e. The number of carbonyl (C=O) groups is 1. The van der Waals surface area contributed by atoms with E-state index in [-0.39, 0.29) is 34.8 Å². The number of hydrogen-bond donors (Lipinski definition) is 1. The van der Waals surface area contributed by atoms with Gasteiger partial charge < -0.3 is 9.73 Å². The van der Waals surface area contributed by atoms with Crippen molar-refractivity contribution in [3.8, 4) is 0 Å². The highest BCUT2D eigenvalue weighted by atomic mass is 32.2. The van der Waals surface area contributed by atoms with Gasteiger partial charge >= 0.3 is 5.76 Å². The van der Waals surface area contributed by atoms with Gasteiger partial charge in [-0.2, -0.15) is 4.31 Å². The van der Waals surface area contributed by atoms with Gasteiger partial charge in [0.15, 0.2) is 5.58 Å². The summed E-state index contributed by atoms with van der Waals surface area (Å²) in [4.78, 5) is 25.2. The SMILES string of the molecule is Cc1cccc(C)c1NC(=O)Cn1c(=O)oc2cc(S(=O)(=O)N3C[C@@H](C)C[C@H](C)C3)ccc21. The van der Waals surface area contributed by atoms with E-state index in [0.717, 1.165) is 17.5 Å². The summed E-state index contributed by atoms with van der Waals surface area (Å²) in [5.41, 5.74) is 3.06. The molecule has 176 valence electrons. The van der Waals surface area contributed by atoms with E-state index in [0.29, 0.717) is 24.3 Å². The van der Waals surface area contributed by atoms with Gasteiger partial charge in [0, 0.05) is 24.8 Å². The summed E-state index contributed by atoms with van der Waals surface area (Å²) < 4.78 is 34.4. The van der Waals surface area contributed by atoms with Crippen molar-refractivity contribution < 1.29 is 17.6 Å². The monoisotopic (exact) mass is 471 g/mol. The van der Waals surface area contributed by atoms with E-state index in [2.05, 4.69) is 5.32 Å². The van der Waals surface area contributed by atoms with Crippen molar-refractivity contribution in [1.29, 1.82) is 0 Å². The lowest BCUT2D eigenvalue weighted by Gasteiger charge is -2.34. The van der Waals surface area contributed by atoms with Gasteiger partial charge in [0.05, 0.1) is 10.4 Å². The van der Waals surface area contributed by atoms with Crippen LogP contribution >= 0.6 is 0 Å². The van der Waals surface area contributed by atoms with Crippen LogP contribution in [0.3, 0.4) is 0 Å². The van der Waals surface area contributed by atoms with Crippen LogP contribution in [0, 0.1) is 25.7 Å². The van der Waals surface area contributed by atoms with Gasteiger partial charge in [0.1, 0.15) is 6.54 Å². The molecule has 1 fully saturated rings. The van der Waals surface area contributed by atoms with Crippen LogP contribution in [-0.2, 0) is 21.4 Å². The first-order valence-electron chi connectivity index (χ1n) is 11.1. The predicted molar refractivity (Wildman–Crippen MR) is 127 cm³/mol. The Balaban J connectivity index is 1.60. The number of oxazole rings is 1. The highest BCUT2D eigenvalue weighted by Gasteiger charge is 2.32. The molecule has 0 spiro atoms. The number of benzene rings is 2. The molecule has 0 radical (unpaired) electrons. The molecule has 1 amide bonds. The molecule has 1 aliphatic heterocycles. The van der Waals surface area contributed by atoms with E-state index in [9.17, 15) is 18.0 Å². The van der Waals surface area contributed by atoms with Crippen molar-refractivity contribution in [1.82, 2.24) is 8.87 Å². The Hall–Kier alpha value is -2.91. The van der Waals surface area contributed by atoms with Gasteiger partial charge in [-0.15, -0.1) is 0 Å². The summed E-state index contributed by atoms with van der Waals surface area (Å²) in [6.45, 7) is 8.57. The second-order valence-corrected chi connectivity index (χ2v) is 11.1. The molecule has 9 heteroatoms. The number of hydrogen-bond acceptors (Lipinski definition) is 5. The molecule has 1 saturated heterocycles. The fourth-order valence-electron chi connectivity index (χ4n) is 4.64. The summed E-state index contributed by atoms with van der Waals surface area (Å²) in [7, 11) is -3.71. The highest BCUT2D eigenvalue weighted by Crippen LogP contribution is 2.28. The molecule has 1 N–H and O–H groups in total. The van der Waals surface area contributed by atoms with Gasteiger partial charge in [-0.25, -0.2) is 13.2 Å². The van der Waals surface area contributed by atoms with Crippen molar-refractivity contribution >= 4 is 32.7 Å². The number of fused-ring (bicyclic) bond motifs is 1. The van der Waals surface area contributed by atoms with Crippen LogP contribution in [0.1, 0.15) is 31.4 Å². The third-order valence-corrected chi connectivity index (χ3v) is 7.99. The molecule has 33 heavy (non-hydrogen) atoms. The van der Waals surface area contributed by atoms with Crippen LogP contribution in [0.25, 0.3) is 11.1 Å². The Labute approximate surface area is 193 Å². The maximum absolute atomic E-state index is 13.2. The molecule has 2 heterocycles. The first-order valence-corrected chi connectivity index (χ1v) is 12.5. The van der Waals surface area contributed by atoms with Crippen LogP contribution in [-0.4, -0.2) is 36.3 Å². The van der Waals surface area contributed by atoms with Crippen molar-refractivity contribution in [2.45, 2.75) is 45.6 Å². The molecule has 1 aliphatic rings. The number of carbonyl (C=O) groups excluding carboxylic acids is 1. The molecule has 2 aromatic carbocycles. The Morgan fingerprint density at radius 2 is 1.73 bits per heavy atom. The minimum absolute atomic E-state index is 0.0807. The summed E-state index contributed by atoms with van der Waals surface area (Å²) in [5.74, 6) is -0.523. The number of aromatic nitrogens is 1. The molecule has 0 bridgehead atoms. The molecule has 4 rings (SSSR count). The molecule has 8 nitrogen and oxygen atoms in total. The first kappa shape index (κ1) is 23.3. The lowest BCUT2D eigenvalue weighted by molar-refractivity contribution is -0.116. The van der Waals surface area contributed by atoms with Crippen LogP contribution < -0.4 is 11.1 Å². The largest absolute Gasteiger partial charge is 0.420 e. The number of aryl methyl sites for hydroxylation is 2. The van der Waals surface area contributed by atoms with Gasteiger partial charge in [-0.05, 0) is 55.4 Å². The maximum atomic E-state index is 13.2. The third kappa shape index (κ3) is 4.60. The minimum Gasteiger partial charge on any atom is -0.408 e. The van der Waals surface area contributed by atoms with Crippen molar-refractivity contribution in [2.24, 2.45) is 11.8 Å². The molecule has 0 saturated carbocycles. The van der Waals surface area contributed by atoms with Gasteiger partial charge in [-0.3, -0.25) is 9.36 Å². The number of amides is 1. The first-order chi connectivity index (χ1) is 15.6. The summed E-state index contributed by atoms with van der Waals surface area (Å²) >= 11 is 0. The average Bonchev–Trinajstić information content (AvgIpc) is 3.04. The van der Waals surface area contributed by atoms with Crippen LogP contribution in [0.2, 0.25) is 0 Å². The Morgan fingerprint density at radius 3 is 2.36 bits per heavy atom. The third-order valence-electron chi connectivity index (χ3n) is 6.16. The number of sulfonamides is 1. The van der Waals surface area contributed by atoms with Crippen molar-refractivity contribution in [3.05, 3.63) is 58.1 Å². The Kier molecular flexibility index (Phi) is 6.20. The Bertz CT molecular complexity index is 1340.